The second-order valence-electron chi connectivity index (χ2n) is 6.53. The van der Waals surface area contributed by atoms with Crippen LogP contribution in [-0.2, 0) is 20.8 Å². The van der Waals surface area contributed by atoms with Crippen LogP contribution in [0.15, 0.2) is 30.3 Å². The van der Waals surface area contributed by atoms with Crippen LogP contribution in [0.2, 0.25) is 0 Å². The summed E-state index contributed by atoms with van der Waals surface area (Å²) in [7, 11) is 0. The van der Waals surface area contributed by atoms with E-state index < -0.39 is 17.9 Å². The van der Waals surface area contributed by atoms with Crippen molar-refractivity contribution in [1.29, 1.82) is 0 Å². The predicted octanol–water partition coefficient (Wildman–Crippen LogP) is 1.79. The summed E-state index contributed by atoms with van der Waals surface area (Å²) in [5.41, 5.74) is 0.893. The van der Waals surface area contributed by atoms with Gasteiger partial charge in [0.25, 0.3) is 0 Å². The van der Waals surface area contributed by atoms with Crippen molar-refractivity contribution in [2.45, 2.75) is 31.7 Å². The van der Waals surface area contributed by atoms with E-state index in [0.717, 1.165) is 11.3 Å². The standard InChI is InChI=1S/C19H26N2O4S/c1-26-11-9-16(20-17(22)12-14-6-3-2-4-7-14)18(23)21-10-5-8-15(13-21)19(24)25/h2-4,6-7,15-16H,5,8-13H2,1H3,(H,20,22)(H,24,25). The van der Waals surface area contributed by atoms with Crippen molar-refractivity contribution >= 4 is 29.5 Å². The molecule has 0 aromatic heterocycles. The molecule has 0 aliphatic carbocycles. The van der Waals surface area contributed by atoms with Gasteiger partial charge in [0, 0.05) is 13.1 Å². The number of likely N-dealkylation sites (tertiary alicyclic amines) is 1. The van der Waals surface area contributed by atoms with Crippen LogP contribution in [-0.4, -0.2) is 58.9 Å². The number of nitrogens with one attached hydrogen (secondary N) is 1. The van der Waals surface area contributed by atoms with Gasteiger partial charge in [-0.05, 0) is 36.8 Å². The predicted molar refractivity (Wildman–Crippen MR) is 102 cm³/mol. The zero-order valence-electron chi connectivity index (χ0n) is 15.0. The van der Waals surface area contributed by atoms with E-state index in [0.29, 0.717) is 25.8 Å². The lowest BCUT2D eigenvalue weighted by atomic mass is 9.97. The van der Waals surface area contributed by atoms with E-state index in [2.05, 4.69) is 5.32 Å². The van der Waals surface area contributed by atoms with E-state index in [1.807, 2.05) is 36.6 Å². The number of carbonyl (C=O) groups is 3. The van der Waals surface area contributed by atoms with Gasteiger partial charge in [0.05, 0.1) is 12.3 Å². The highest BCUT2D eigenvalue weighted by Crippen LogP contribution is 2.18. The maximum Gasteiger partial charge on any atom is 0.308 e. The number of carbonyl (C=O) groups excluding carboxylic acids is 2. The first kappa shape index (κ1) is 20.3. The average Bonchev–Trinajstić information content (AvgIpc) is 2.65. The Kier molecular flexibility index (Phi) is 7.97. The van der Waals surface area contributed by atoms with Gasteiger partial charge in [-0.3, -0.25) is 14.4 Å². The second kappa shape index (κ2) is 10.2. The maximum atomic E-state index is 12.9. The van der Waals surface area contributed by atoms with Crippen LogP contribution in [0.4, 0.5) is 0 Å². The molecule has 26 heavy (non-hydrogen) atoms. The van der Waals surface area contributed by atoms with Crippen molar-refractivity contribution in [2.24, 2.45) is 5.92 Å². The molecule has 0 bridgehead atoms. The molecule has 0 radical (unpaired) electrons. The summed E-state index contributed by atoms with van der Waals surface area (Å²) >= 11 is 1.61. The monoisotopic (exact) mass is 378 g/mol. The third-order valence-corrected chi connectivity index (χ3v) is 5.18. The molecule has 2 N–H and O–H groups in total. The van der Waals surface area contributed by atoms with Gasteiger partial charge >= 0.3 is 5.97 Å². The smallest absolute Gasteiger partial charge is 0.308 e. The first-order chi connectivity index (χ1) is 12.5. The Bertz CT molecular complexity index is 623. The molecule has 1 fully saturated rings. The minimum atomic E-state index is -0.865. The highest BCUT2D eigenvalue weighted by atomic mass is 32.2. The summed E-state index contributed by atoms with van der Waals surface area (Å²) in [6, 6.07) is 8.78. The molecule has 7 heteroatoms. The number of hydrogen-bond acceptors (Lipinski definition) is 4. The fraction of sp³-hybridized carbons (Fsp3) is 0.526. The molecule has 1 heterocycles. The molecule has 2 amide bonds. The van der Waals surface area contributed by atoms with E-state index in [4.69, 9.17) is 0 Å². The molecular weight excluding hydrogens is 352 g/mol. The quantitative estimate of drug-likeness (QED) is 0.720. The molecule has 2 rings (SSSR count). The topological polar surface area (TPSA) is 86.7 Å². The summed E-state index contributed by atoms with van der Waals surface area (Å²) < 4.78 is 0. The normalized spacial score (nSPS) is 18.2. The largest absolute Gasteiger partial charge is 0.481 e. The summed E-state index contributed by atoms with van der Waals surface area (Å²) in [6.07, 6.45) is 3.98. The molecular formula is C19H26N2O4S. The van der Waals surface area contributed by atoms with Gasteiger partial charge in [-0.25, -0.2) is 0 Å². The summed E-state index contributed by atoms with van der Waals surface area (Å²) in [5, 5.41) is 12.1. The number of carboxylic acids is 1. The molecule has 2 unspecified atom stereocenters. The summed E-state index contributed by atoms with van der Waals surface area (Å²) in [5.74, 6) is -1.00. The average molecular weight is 378 g/mol. The number of benzene rings is 1. The molecule has 0 saturated carbocycles. The molecule has 1 aromatic carbocycles. The Morgan fingerprint density at radius 1 is 1.31 bits per heavy atom. The van der Waals surface area contributed by atoms with Crippen LogP contribution >= 0.6 is 11.8 Å². The van der Waals surface area contributed by atoms with Crippen molar-refractivity contribution in [3.8, 4) is 0 Å². The Hall–Kier alpha value is -2.02. The lowest BCUT2D eigenvalue weighted by Crippen LogP contribution is -2.52. The zero-order chi connectivity index (χ0) is 18.9. The Morgan fingerprint density at radius 2 is 2.04 bits per heavy atom. The maximum absolute atomic E-state index is 12.9. The second-order valence-corrected chi connectivity index (χ2v) is 7.51. The van der Waals surface area contributed by atoms with Crippen LogP contribution in [0, 0.1) is 5.92 Å². The summed E-state index contributed by atoms with van der Waals surface area (Å²) in [4.78, 5) is 38.1. The van der Waals surface area contributed by atoms with Gasteiger partial charge < -0.3 is 15.3 Å². The molecule has 1 aliphatic rings. The van der Waals surface area contributed by atoms with Gasteiger partial charge in [-0.2, -0.15) is 11.8 Å². The number of piperidine rings is 1. The molecule has 1 saturated heterocycles. The van der Waals surface area contributed by atoms with E-state index in [9.17, 15) is 19.5 Å². The number of amides is 2. The zero-order valence-corrected chi connectivity index (χ0v) is 15.8. The Balaban J connectivity index is 1.99. The Labute approximate surface area is 158 Å². The number of hydrogen-bond donors (Lipinski definition) is 2. The van der Waals surface area contributed by atoms with Gasteiger partial charge in [0.15, 0.2) is 0 Å². The third kappa shape index (κ3) is 6.05. The molecule has 142 valence electrons. The van der Waals surface area contributed by atoms with Crippen LogP contribution < -0.4 is 5.32 Å². The van der Waals surface area contributed by atoms with E-state index in [1.54, 1.807) is 16.7 Å². The van der Waals surface area contributed by atoms with Crippen molar-refractivity contribution in [3.63, 3.8) is 0 Å². The molecule has 1 aliphatic heterocycles. The molecule has 0 spiro atoms. The number of rotatable bonds is 8. The number of carboxylic acid groups (broad SMARTS) is 1. The highest BCUT2D eigenvalue weighted by Gasteiger charge is 2.32. The van der Waals surface area contributed by atoms with Crippen molar-refractivity contribution in [1.82, 2.24) is 10.2 Å². The van der Waals surface area contributed by atoms with Crippen LogP contribution in [0.3, 0.4) is 0 Å². The summed E-state index contributed by atoms with van der Waals surface area (Å²) in [6.45, 7) is 0.769. The molecule has 6 nitrogen and oxygen atoms in total. The van der Waals surface area contributed by atoms with Gasteiger partial charge in [-0.15, -0.1) is 0 Å². The van der Waals surface area contributed by atoms with Crippen molar-refractivity contribution in [3.05, 3.63) is 35.9 Å². The van der Waals surface area contributed by atoms with Gasteiger partial charge in [0.2, 0.25) is 11.8 Å². The molecule has 2 atom stereocenters. The fourth-order valence-corrected chi connectivity index (χ4v) is 3.59. The first-order valence-electron chi connectivity index (χ1n) is 8.85. The van der Waals surface area contributed by atoms with Crippen LogP contribution in [0.1, 0.15) is 24.8 Å². The fourth-order valence-electron chi connectivity index (χ4n) is 3.12. The van der Waals surface area contributed by atoms with Crippen molar-refractivity contribution in [2.75, 3.05) is 25.1 Å². The van der Waals surface area contributed by atoms with Crippen LogP contribution in [0.5, 0.6) is 0 Å². The first-order valence-corrected chi connectivity index (χ1v) is 10.2. The molecule has 1 aromatic rings. The van der Waals surface area contributed by atoms with E-state index in [1.165, 1.54) is 0 Å². The third-order valence-electron chi connectivity index (χ3n) is 4.53. The van der Waals surface area contributed by atoms with Crippen molar-refractivity contribution < 1.29 is 19.5 Å². The lowest BCUT2D eigenvalue weighted by Gasteiger charge is -2.33. The van der Waals surface area contributed by atoms with E-state index >= 15 is 0 Å². The lowest BCUT2D eigenvalue weighted by molar-refractivity contribution is -0.146. The van der Waals surface area contributed by atoms with Gasteiger partial charge in [-0.1, -0.05) is 30.3 Å². The Morgan fingerprint density at radius 3 is 2.69 bits per heavy atom. The van der Waals surface area contributed by atoms with E-state index in [-0.39, 0.29) is 24.8 Å². The minimum absolute atomic E-state index is 0.175. The van der Waals surface area contributed by atoms with Gasteiger partial charge in [0.1, 0.15) is 6.04 Å². The van der Waals surface area contributed by atoms with Crippen LogP contribution in [0.25, 0.3) is 0 Å². The minimum Gasteiger partial charge on any atom is -0.481 e. The number of thioether (sulfide) groups is 1. The number of aliphatic carboxylic acids is 1. The number of nitrogens with zero attached hydrogens (tertiary/aromatic N) is 1. The SMILES string of the molecule is CSCCC(NC(=O)Cc1ccccc1)C(=O)N1CCCC(C(=O)O)C1. The highest BCUT2D eigenvalue weighted by molar-refractivity contribution is 7.98.